The van der Waals surface area contributed by atoms with Gasteiger partial charge in [0.15, 0.2) is 23.0 Å². The minimum absolute atomic E-state index is 0.102. The van der Waals surface area contributed by atoms with Crippen LogP contribution in [0.1, 0.15) is 28.4 Å². The molecule has 0 aliphatic carbocycles. The third kappa shape index (κ3) is 3.99. The van der Waals surface area contributed by atoms with Gasteiger partial charge in [0.25, 0.3) is 0 Å². The number of ether oxygens (including phenoxy) is 4. The quantitative estimate of drug-likeness (QED) is 0.284. The van der Waals surface area contributed by atoms with Crippen molar-refractivity contribution in [3.8, 4) is 34.6 Å². The summed E-state index contributed by atoms with van der Waals surface area (Å²) in [4.78, 5) is 9.40. The summed E-state index contributed by atoms with van der Waals surface area (Å²) in [7, 11) is 3.20. The number of phenols is 1. The van der Waals surface area contributed by atoms with Gasteiger partial charge < -0.3 is 24.1 Å². The molecule has 0 saturated heterocycles. The van der Waals surface area contributed by atoms with E-state index in [1.807, 2.05) is 54.6 Å². The van der Waals surface area contributed by atoms with Gasteiger partial charge in [0, 0.05) is 17.5 Å². The van der Waals surface area contributed by atoms with E-state index in [1.54, 1.807) is 37.2 Å². The number of hydrogen-bond acceptors (Lipinski definition) is 8. The van der Waals surface area contributed by atoms with Gasteiger partial charge in [-0.25, -0.2) is 14.5 Å². The largest absolute Gasteiger partial charge is 0.508 e. The molecule has 2 aromatic heterocycles. The van der Waals surface area contributed by atoms with Crippen molar-refractivity contribution in [2.75, 3.05) is 14.2 Å². The Labute approximate surface area is 229 Å². The second-order valence-corrected chi connectivity index (χ2v) is 9.43. The Hall–Kier alpha value is -5.31. The summed E-state index contributed by atoms with van der Waals surface area (Å²) in [5.41, 5.74) is 3.11. The Morgan fingerprint density at radius 2 is 1.75 bits per heavy atom. The topological polar surface area (TPSA) is 100 Å². The number of fused-ring (bicyclic) bond motifs is 5. The van der Waals surface area contributed by atoms with E-state index in [0.717, 1.165) is 33.2 Å². The van der Waals surface area contributed by atoms with Crippen molar-refractivity contribution >= 4 is 16.4 Å². The van der Waals surface area contributed by atoms with Crippen LogP contribution >= 0.6 is 0 Å². The first kappa shape index (κ1) is 23.8. The van der Waals surface area contributed by atoms with E-state index in [4.69, 9.17) is 23.9 Å². The SMILES string of the molecule is COc1ccc([C@@H]2c3ccc(O)cc3Oc3ncn4nc(COc5ccc6ccccc6c5)nc4c32)cc1OC. The molecular weight excluding hydrogens is 508 g/mol. The maximum absolute atomic E-state index is 10.2. The van der Waals surface area contributed by atoms with Crippen molar-refractivity contribution in [1.29, 1.82) is 0 Å². The second-order valence-electron chi connectivity index (χ2n) is 9.43. The maximum atomic E-state index is 10.2. The number of nitrogens with zero attached hydrogens (tertiary/aromatic N) is 4. The molecule has 6 aromatic rings. The lowest BCUT2D eigenvalue weighted by atomic mass is 9.83. The van der Waals surface area contributed by atoms with E-state index in [0.29, 0.717) is 34.6 Å². The third-order valence-electron chi connectivity index (χ3n) is 7.06. The Balaban J connectivity index is 1.31. The van der Waals surface area contributed by atoms with Crippen LogP contribution in [-0.2, 0) is 6.61 Å². The lowest BCUT2D eigenvalue weighted by Crippen LogP contribution is -2.15. The lowest BCUT2D eigenvalue weighted by molar-refractivity contribution is 0.296. The van der Waals surface area contributed by atoms with Gasteiger partial charge in [-0.15, -0.1) is 5.10 Å². The molecule has 0 unspecified atom stereocenters. The molecule has 40 heavy (non-hydrogen) atoms. The fourth-order valence-electron chi connectivity index (χ4n) is 5.19. The van der Waals surface area contributed by atoms with Gasteiger partial charge in [-0.05, 0) is 46.7 Å². The second kappa shape index (κ2) is 9.46. The van der Waals surface area contributed by atoms with Crippen LogP contribution in [0.2, 0.25) is 0 Å². The standard InChI is InChI=1S/C31H24N4O5/c1-37-24-12-8-20(14-26(24)38-2)28-23-11-9-21(36)15-25(23)40-31-29(28)30-33-27(34-35(30)17-32-31)16-39-22-10-7-18-5-3-4-6-19(18)13-22/h3-15,17,28,36H,16H2,1-2H3/t28-/m1/s1. The zero-order chi connectivity index (χ0) is 27.2. The monoisotopic (exact) mass is 532 g/mol. The molecule has 1 aliphatic heterocycles. The zero-order valence-electron chi connectivity index (χ0n) is 21.7. The predicted molar refractivity (Wildman–Crippen MR) is 148 cm³/mol. The first-order valence-electron chi connectivity index (χ1n) is 12.7. The fraction of sp³-hybridized carbons (Fsp3) is 0.129. The molecule has 9 nitrogen and oxygen atoms in total. The minimum atomic E-state index is -0.325. The van der Waals surface area contributed by atoms with Crippen LogP contribution in [0.4, 0.5) is 0 Å². The Bertz CT molecular complexity index is 1900. The highest BCUT2D eigenvalue weighted by Crippen LogP contribution is 2.49. The van der Waals surface area contributed by atoms with Crippen LogP contribution in [0.5, 0.6) is 34.6 Å². The van der Waals surface area contributed by atoms with E-state index in [9.17, 15) is 5.11 Å². The van der Waals surface area contributed by atoms with Crippen LogP contribution in [0.3, 0.4) is 0 Å². The van der Waals surface area contributed by atoms with E-state index in [2.05, 4.69) is 22.2 Å². The molecular formula is C31H24N4O5. The summed E-state index contributed by atoms with van der Waals surface area (Å²) in [5, 5.41) is 17.0. The molecule has 1 aliphatic rings. The van der Waals surface area contributed by atoms with Crippen molar-refractivity contribution in [2.45, 2.75) is 12.5 Å². The van der Waals surface area contributed by atoms with Gasteiger partial charge in [0.05, 0.1) is 19.8 Å². The molecule has 0 amide bonds. The van der Waals surface area contributed by atoms with Crippen LogP contribution in [-0.4, -0.2) is 38.9 Å². The molecule has 0 fully saturated rings. The van der Waals surface area contributed by atoms with Gasteiger partial charge in [0.1, 0.15) is 30.2 Å². The molecule has 3 heterocycles. The van der Waals surface area contributed by atoms with E-state index < -0.39 is 0 Å². The van der Waals surface area contributed by atoms with Crippen LogP contribution in [0, 0.1) is 0 Å². The Morgan fingerprint density at radius 3 is 2.60 bits per heavy atom. The van der Waals surface area contributed by atoms with E-state index in [-0.39, 0.29) is 18.3 Å². The molecule has 7 rings (SSSR count). The third-order valence-corrected chi connectivity index (χ3v) is 7.06. The average molecular weight is 533 g/mol. The molecule has 9 heteroatoms. The van der Waals surface area contributed by atoms with Gasteiger partial charge >= 0.3 is 0 Å². The Morgan fingerprint density at radius 1 is 0.900 bits per heavy atom. The van der Waals surface area contributed by atoms with Crippen molar-refractivity contribution in [3.05, 3.63) is 108 Å². The fourth-order valence-corrected chi connectivity index (χ4v) is 5.19. The average Bonchev–Trinajstić information content (AvgIpc) is 3.42. The highest BCUT2D eigenvalue weighted by molar-refractivity contribution is 5.83. The minimum Gasteiger partial charge on any atom is -0.508 e. The van der Waals surface area contributed by atoms with Crippen molar-refractivity contribution in [2.24, 2.45) is 0 Å². The molecule has 0 bridgehead atoms. The first-order chi connectivity index (χ1) is 19.6. The summed E-state index contributed by atoms with van der Waals surface area (Å²) >= 11 is 0. The van der Waals surface area contributed by atoms with Crippen LogP contribution in [0.25, 0.3) is 16.4 Å². The van der Waals surface area contributed by atoms with Crippen LogP contribution < -0.4 is 18.9 Å². The number of aromatic hydroxyl groups is 1. The number of methoxy groups -OCH3 is 2. The summed E-state index contributed by atoms with van der Waals surface area (Å²) in [5.74, 6) is 3.14. The number of benzene rings is 4. The van der Waals surface area contributed by atoms with E-state index >= 15 is 0 Å². The number of rotatable bonds is 6. The van der Waals surface area contributed by atoms with Gasteiger partial charge in [-0.3, -0.25) is 0 Å². The highest BCUT2D eigenvalue weighted by Gasteiger charge is 2.34. The zero-order valence-corrected chi connectivity index (χ0v) is 21.7. The molecule has 1 N–H and O–H groups in total. The summed E-state index contributed by atoms with van der Waals surface area (Å²) in [6, 6.07) is 24.9. The highest BCUT2D eigenvalue weighted by atomic mass is 16.5. The smallest absolute Gasteiger partial charge is 0.228 e. The molecule has 0 radical (unpaired) electrons. The molecule has 4 aromatic carbocycles. The van der Waals surface area contributed by atoms with Gasteiger partial charge in [0.2, 0.25) is 5.88 Å². The normalized spacial score (nSPS) is 13.9. The summed E-state index contributed by atoms with van der Waals surface area (Å²) < 4.78 is 24.9. The number of hydrogen-bond donors (Lipinski definition) is 1. The number of aromatic nitrogens is 4. The predicted octanol–water partition coefficient (Wildman–Crippen LogP) is 5.87. The Kier molecular flexibility index (Phi) is 5.62. The lowest BCUT2D eigenvalue weighted by Gasteiger charge is -2.28. The van der Waals surface area contributed by atoms with Crippen LogP contribution in [0.15, 0.2) is 85.2 Å². The molecule has 0 spiro atoms. The summed E-state index contributed by atoms with van der Waals surface area (Å²) in [6.45, 7) is 0.182. The maximum Gasteiger partial charge on any atom is 0.228 e. The van der Waals surface area contributed by atoms with E-state index in [1.165, 1.54) is 0 Å². The first-order valence-corrected chi connectivity index (χ1v) is 12.7. The van der Waals surface area contributed by atoms with Crippen molar-refractivity contribution < 1.29 is 24.1 Å². The van der Waals surface area contributed by atoms with Gasteiger partial charge in [-0.1, -0.05) is 42.5 Å². The number of phenolic OH excluding ortho intramolecular Hbond substituents is 1. The van der Waals surface area contributed by atoms with Gasteiger partial charge in [-0.2, -0.15) is 0 Å². The van der Waals surface area contributed by atoms with Crippen molar-refractivity contribution in [1.82, 2.24) is 19.6 Å². The summed E-state index contributed by atoms with van der Waals surface area (Å²) in [6.07, 6.45) is 1.57. The molecule has 198 valence electrons. The van der Waals surface area contributed by atoms with Crippen molar-refractivity contribution in [3.63, 3.8) is 0 Å². The molecule has 1 atom stereocenters. The molecule has 0 saturated carbocycles.